The van der Waals surface area contributed by atoms with Crippen LogP contribution in [0.5, 0.6) is 5.75 Å². The highest BCUT2D eigenvalue weighted by molar-refractivity contribution is 5.81. The molecule has 1 unspecified atom stereocenters. The Morgan fingerprint density at radius 3 is 2.39 bits per heavy atom. The van der Waals surface area contributed by atoms with Gasteiger partial charge in [-0.05, 0) is 98.5 Å². The van der Waals surface area contributed by atoms with Gasteiger partial charge in [0.1, 0.15) is 11.9 Å². The summed E-state index contributed by atoms with van der Waals surface area (Å²) in [5.41, 5.74) is 4.37. The fourth-order valence-electron chi connectivity index (χ4n) is 6.93. The fourth-order valence-corrected chi connectivity index (χ4v) is 6.93. The molecule has 0 aromatic heterocycles. The number of hydrogen-bond acceptors (Lipinski definition) is 2. The monoisotopic (exact) mass is 416 g/mol. The van der Waals surface area contributed by atoms with Gasteiger partial charge in [-0.2, -0.15) is 0 Å². The highest BCUT2D eigenvalue weighted by atomic mass is 16.5. The molecule has 4 bridgehead atoms. The van der Waals surface area contributed by atoms with E-state index in [4.69, 9.17) is 9.84 Å². The molecule has 162 valence electrons. The summed E-state index contributed by atoms with van der Waals surface area (Å²) in [5.74, 6) is 4.18. The lowest BCUT2D eigenvalue weighted by Crippen LogP contribution is -2.51. The summed E-state index contributed by atoms with van der Waals surface area (Å²) in [6.45, 7) is 3.97. The standard InChI is InChI=1S/C28H32O3/c1-17(10-26(29)30)6-5-7-18(2)24-16-21-8-3-4-9-25(21)31-28(24)27-22-12-19-11-20(14-22)15-23(27)13-19/h3-10,16,19-20,22-23,27-28H,11-15H2,1-2H3,(H,29,30)/b6-5?,17-10?,18-7+. The topological polar surface area (TPSA) is 46.5 Å². The Morgan fingerprint density at radius 2 is 1.71 bits per heavy atom. The summed E-state index contributed by atoms with van der Waals surface area (Å²) in [4.78, 5) is 10.9. The smallest absolute Gasteiger partial charge is 0.328 e. The Kier molecular flexibility index (Phi) is 5.37. The predicted octanol–water partition coefficient (Wildman–Crippen LogP) is 6.44. The minimum absolute atomic E-state index is 0.116. The average molecular weight is 417 g/mol. The van der Waals surface area contributed by atoms with Gasteiger partial charge in [0.25, 0.3) is 0 Å². The zero-order valence-electron chi connectivity index (χ0n) is 18.5. The molecular formula is C28H32O3. The van der Waals surface area contributed by atoms with E-state index in [9.17, 15) is 4.79 Å². The fraction of sp³-hybridized carbons (Fsp3) is 0.464. The number of carbonyl (C=O) groups is 1. The van der Waals surface area contributed by atoms with Crippen LogP contribution in [0, 0.1) is 29.6 Å². The summed E-state index contributed by atoms with van der Waals surface area (Å²) in [6, 6.07) is 8.36. The third-order valence-corrected chi connectivity index (χ3v) is 7.95. The highest BCUT2D eigenvalue weighted by Gasteiger charge is 2.52. The van der Waals surface area contributed by atoms with Gasteiger partial charge in [0.05, 0.1) is 0 Å². The van der Waals surface area contributed by atoms with E-state index in [2.05, 4.69) is 43.3 Å². The predicted molar refractivity (Wildman–Crippen MR) is 124 cm³/mol. The minimum atomic E-state index is -0.912. The van der Waals surface area contributed by atoms with E-state index >= 15 is 0 Å². The second-order valence-electron chi connectivity index (χ2n) is 10.1. The van der Waals surface area contributed by atoms with Crippen LogP contribution in [0.3, 0.4) is 0 Å². The van der Waals surface area contributed by atoms with Gasteiger partial charge in [-0.3, -0.25) is 0 Å². The van der Waals surface area contributed by atoms with Crippen molar-refractivity contribution in [3.8, 4) is 5.75 Å². The maximum atomic E-state index is 10.9. The van der Waals surface area contributed by atoms with Gasteiger partial charge < -0.3 is 9.84 Å². The van der Waals surface area contributed by atoms with Crippen LogP contribution in [0.15, 0.2) is 65.3 Å². The van der Waals surface area contributed by atoms with Crippen molar-refractivity contribution in [3.63, 3.8) is 0 Å². The van der Waals surface area contributed by atoms with Crippen LogP contribution in [0.25, 0.3) is 6.08 Å². The maximum Gasteiger partial charge on any atom is 0.328 e. The summed E-state index contributed by atoms with van der Waals surface area (Å²) < 4.78 is 6.75. The van der Waals surface area contributed by atoms with Crippen LogP contribution < -0.4 is 4.74 Å². The molecule has 1 aliphatic heterocycles. The van der Waals surface area contributed by atoms with E-state index in [1.165, 1.54) is 49.3 Å². The first kappa shape index (κ1) is 20.4. The number of carboxylic acid groups (broad SMARTS) is 1. The van der Waals surface area contributed by atoms with Crippen LogP contribution in [-0.4, -0.2) is 17.2 Å². The molecule has 0 saturated heterocycles. The first-order chi connectivity index (χ1) is 15.0. The zero-order valence-corrected chi connectivity index (χ0v) is 18.5. The van der Waals surface area contributed by atoms with Gasteiger partial charge in [0.15, 0.2) is 0 Å². The molecule has 0 spiro atoms. The number of allylic oxidation sites excluding steroid dienone is 4. The minimum Gasteiger partial charge on any atom is -0.485 e. The zero-order chi connectivity index (χ0) is 21.5. The van der Waals surface area contributed by atoms with Gasteiger partial charge in [0, 0.05) is 17.6 Å². The Hall–Kier alpha value is -2.55. The number of para-hydroxylation sites is 1. The first-order valence-corrected chi connectivity index (χ1v) is 11.7. The first-order valence-electron chi connectivity index (χ1n) is 11.7. The molecule has 5 aliphatic rings. The highest BCUT2D eigenvalue weighted by Crippen LogP contribution is 2.59. The lowest BCUT2D eigenvalue weighted by molar-refractivity contribution is -0.131. The van der Waals surface area contributed by atoms with E-state index < -0.39 is 5.97 Å². The molecule has 0 radical (unpaired) electrons. The molecule has 4 fully saturated rings. The van der Waals surface area contributed by atoms with E-state index in [1.807, 2.05) is 19.1 Å². The van der Waals surface area contributed by atoms with Crippen LogP contribution in [0.1, 0.15) is 51.5 Å². The van der Waals surface area contributed by atoms with Crippen molar-refractivity contribution in [3.05, 3.63) is 70.9 Å². The van der Waals surface area contributed by atoms with Crippen LogP contribution >= 0.6 is 0 Å². The van der Waals surface area contributed by atoms with Crippen molar-refractivity contribution in [1.82, 2.24) is 0 Å². The molecule has 4 saturated carbocycles. The van der Waals surface area contributed by atoms with Crippen LogP contribution in [0.4, 0.5) is 0 Å². The Balaban J connectivity index is 1.46. The van der Waals surface area contributed by atoms with Crippen LogP contribution in [0.2, 0.25) is 0 Å². The molecule has 6 rings (SSSR count). The molecule has 3 nitrogen and oxygen atoms in total. The van der Waals surface area contributed by atoms with Crippen molar-refractivity contribution in [2.75, 3.05) is 0 Å². The van der Waals surface area contributed by atoms with Crippen molar-refractivity contribution in [1.29, 1.82) is 0 Å². The third kappa shape index (κ3) is 4.03. The molecule has 3 heteroatoms. The van der Waals surface area contributed by atoms with E-state index in [1.54, 1.807) is 0 Å². The largest absolute Gasteiger partial charge is 0.485 e. The number of benzene rings is 1. The summed E-state index contributed by atoms with van der Waals surface area (Å²) >= 11 is 0. The van der Waals surface area contributed by atoms with E-state index in [0.717, 1.165) is 40.6 Å². The molecular weight excluding hydrogens is 384 g/mol. The Morgan fingerprint density at radius 1 is 1.03 bits per heavy atom. The van der Waals surface area contributed by atoms with Crippen molar-refractivity contribution < 1.29 is 14.6 Å². The number of hydrogen-bond donors (Lipinski definition) is 1. The van der Waals surface area contributed by atoms with Crippen molar-refractivity contribution in [2.24, 2.45) is 29.6 Å². The maximum absolute atomic E-state index is 10.9. The van der Waals surface area contributed by atoms with Gasteiger partial charge in [0.2, 0.25) is 0 Å². The Labute approximate surface area is 185 Å². The number of aliphatic carboxylic acids is 1. The summed E-state index contributed by atoms with van der Waals surface area (Å²) in [5, 5.41) is 8.92. The molecule has 1 atom stereocenters. The van der Waals surface area contributed by atoms with Gasteiger partial charge in [-0.25, -0.2) is 4.79 Å². The quantitative estimate of drug-likeness (QED) is 0.444. The van der Waals surface area contributed by atoms with Gasteiger partial charge >= 0.3 is 5.97 Å². The van der Waals surface area contributed by atoms with E-state index in [0.29, 0.717) is 5.92 Å². The summed E-state index contributed by atoms with van der Waals surface area (Å²) in [6.07, 6.45) is 16.6. The Bertz CT molecular complexity index is 965. The normalized spacial score (nSPS) is 34.5. The number of ether oxygens (including phenoxy) is 1. The molecule has 0 amide bonds. The number of rotatable bonds is 5. The third-order valence-electron chi connectivity index (χ3n) is 7.95. The molecule has 4 aliphatic carbocycles. The molecule has 31 heavy (non-hydrogen) atoms. The number of carboxylic acids is 1. The molecule has 1 heterocycles. The second kappa shape index (κ2) is 8.18. The number of fused-ring (bicyclic) bond motifs is 1. The molecule has 1 N–H and O–H groups in total. The second-order valence-corrected chi connectivity index (χ2v) is 10.1. The summed E-state index contributed by atoms with van der Waals surface area (Å²) in [7, 11) is 0. The SMILES string of the molecule is CC(C=C/C=C(\C)C1=Cc2ccccc2OC1C1C2CC3CC(C2)CC1C3)=CC(=O)O. The lowest BCUT2D eigenvalue weighted by Gasteiger charge is -2.56. The molecule has 1 aromatic carbocycles. The van der Waals surface area contributed by atoms with Gasteiger partial charge in [-0.15, -0.1) is 0 Å². The van der Waals surface area contributed by atoms with E-state index in [-0.39, 0.29) is 6.10 Å². The average Bonchev–Trinajstić information content (AvgIpc) is 2.71. The van der Waals surface area contributed by atoms with Gasteiger partial charge in [-0.1, -0.05) is 36.4 Å². The van der Waals surface area contributed by atoms with Crippen molar-refractivity contribution in [2.45, 2.75) is 52.1 Å². The van der Waals surface area contributed by atoms with Crippen LogP contribution in [-0.2, 0) is 4.79 Å². The van der Waals surface area contributed by atoms with Crippen molar-refractivity contribution >= 4 is 12.0 Å². The lowest BCUT2D eigenvalue weighted by atomic mass is 9.50. The molecule has 1 aromatic rings.